The zero-order valence-corrected chi connectivity index (χ0v) is 18.8. The van der Waals surface area contributed by atoms with Crippen molar-refractivity contribution < 1.29 is 4.79 Å². The number of amides is 1. The molecule has 2 aliphatic rings. The Labute approximate surface area is 184 Å². The lowest BCUT2D eigenvalue weighted by Crippen LogP contribution is -2.40. The first kappa shape index (κ1) is 20.1. The molecule has 3 nitrogen and oxygen atoms in total. The molecule has 28 heavy (non-hydrogen) atoms. The summed E-state index contributed by atoms with van der Waals surface area (Å²) in [7, 11) is 0. The standard InChI is InChI=1S/C21H21ClN2OS3/c1-14-6-4-5-11-23(14)21(26)27-13-20(25)24-16-7-2-3-8-18(16)28-19-10-9-15(22)12-17(19)24/h2-3,7-10,12,14H,4-6,11,13H2,1H3. The van der Waals surface area contributed by atoms with Crippen LogP contribution >= 0.6 is 47.3 Å². The number of halogens is 1. The Morgan fingerprint density at radius 3 is 2.82 bits per heavy atom. The summed E-state index contributed by atoms with van der Waals surface area (Å²) in [6.07, 6.45) is 3.59. The highest BCUT2D eigenvalue weighted by atomic mass is 35.5. The van der Waals surface area contributed by atoms with Gasteiger partial charge in [-0.25, -0.2) is 0 Å². The third-order valence-corrected chi connectivity index (χ3v) is 7.92. The summed E-state index contributed by atoms with van der Waals surface area (Å²) < 4.78 is 0.825. The summed E-state index contributed by atoms with van der Waals surface area (Å²) in [4.78, 5) is 19.4. The van der Waals surface area contributed by atoms with Crippen LogP contribution in [0, 0.1) is 0 Å². The second kappa shape index (κ2) is 8.66. The van der Waals surface area contributed by atoms with Gasteiger partial charge in [-0.15, -0.1) is 0 Å². The first-order valence-corrected chi connectivity index (χ1v) is 12.0. The van der Waals surface area contributed by atoms with E-state index in [0.29, 0.717) is 16.8 Å². The third kappa shape index (κ3) is 4.06. The molecule has 0 N–H and O–H groups in total. The minimum atomic E-state index is 0.0216. The normalized spacial score (nSPS) is 18.4. The molecule has 1 amide bonds. The molecule has 1 unspecified atom stereocenters. The van der Waals surface area contributed by atoms with Gasteiger partial charge in [-0.05, 0) is 56.5 Å². The molecule has 2 aromatic carbocycles. The van der Waals surface area contributed by atoms with Crippen LogP contribution in [0.1, 0.15) is 26.2 Å². The second-order valence-corrected chi connectivity index (χ2v) is 10.1. The number of piperidine rings is 1. The minimum Gasteiger partial charge on any atom is -0.355 e. The maximum absolute atomic E-state index is 13.3. The van der Waals surface area contributed by atoms with Gasteiger partial charge in [0.05, 0.1) is 17.1 Å². The molecule has 1 saturated heterocycles. The SMILES string of the molecule is CC1CCCCN1C(=S)SCC(=O)N1c2ccccc2Sc2ccc(Cl)cc21. The van der Waals surface area contributed by atoms with Crippen LogP contribution in [0.4, 0.5) is 11.4 Å². The van der Waals surface area contributed by atoms with E-state index in [4.69, 9.17) is 23.8 Å². The maximum Gasteiger partial charge on any atom is 0.242 e. The van der Waals surface area contributed by atoms with Crippen molar-refractivity contribution in [2.45, 2.75) is 42.0 Å². The van der Waals surface area contributed by atoms with Gasteiger partial charge >= 0.3 is 0 Å². The van der Waals surface area contributed by atoms with Crippen molar-refractivity contribution in [3.05, 3.63) is 47.5 Å². The number of thiocarbonyl (C=S) groups is 1. The fraction of sp³-hybridized carbons (Fsp3) is 0.333. The number of benzene rings is 2. The number of fused-ring (bicyclic) bond motifs is 2. The van der Waals surface area contributed by atoms with Crippen molar-refractivity contribution in [2.24, 2.45) is 0 Å². The van der Waals surface area contributed by atoms with E-state index >= 15 is 0 Å². The number of thioether (sulfide) groups is 1. The largest absolute Gasteiger partial charge is 0.355 e. The van der Waals surface area contributed by atoms with Crippen LogP contribution in [0.25, 0.3) is 0 Å². The van der Waals surface area contributed by atoms with Crippen LogP contribution in [0.15, 0.2) is 52.3 Å². The molecule has 2 aliphatic heterocycles. The molecule has 0 aromatic heterocycles. The van der Waals surface area contributed by atoms with Gasteiger partial charge in [0.1, 0.15) is 4.32 Å². The Morgan fingerprint density at radius 1 is 1.21 bits per heavy atom. The van der Waals surface area contributed by atoms with E-state index < -0.39 is 0 Å². The Bertz CT molecular complexity index is 920. The number of hydrogen-bond acceptors (Lipinski definition) is 4. The molecule has 1 fully saturated rings. The van der Waals surface area contributed by atoms with E-state index in [0.717, 1.165) is 38.5 Å². The molecule has 1 atom stereocenters. The molecular formula is C21H21ClN2OS3. The van der Waals surface area contributed by atoms with E-state index in [9.17, 15) is 4.79 Å². The number of nitrogens with zero attached hydrogens (tertiary/aromatic N) is 2. The Morgan fingerprint density at radius 2 is 2.00 bits per heavy atom. The monoisotopic (exact) mass is 448 g/mol. The van der Waals surface area contributed by atoms with E-state index in [2.05, 4.69) is 11.8 Å². The van der Waals surface area contributed by atoms with Gasteiger partial charge in [0.15, 0.2) is 0 Å². The topological polar surface area (TPSA) is 23.6 Å². The number of anilines is 2. The van der Waals surface area contributed by atoms with Gasteiger partial charge in [-0.2, -0.15) is 0 Å². The van der Waals surface area contributed by atoms with Crippen molar-refractivity contribution in [2.75, 3.05) is 17.2 Å². The van der Waals surface area contributed by atoms with Crippen molar-refractivity contribution >= 4 is 68.9 Å². The molecule has 0 spiro atoms. The number of rotatable bonds is 2. The number of carbonyl (C=O) groups is 1. The van der Waals surface area contributed by atoms with E-state index in [1.807, 2.05) is 42.5 Å². The maximum atomic E-state index is 13.3. The van der Waals surface area contributed by atoms with Crippen LogP contribution in [0.3, 0.4) is 0 Å². The molecule has 146 valence electrons. The van der Waals surface area contributed by atoms with Crippen molar-refractivity contribution in [1.82, 2.24) is 4.90 Å². The van der Waals surface area contributed by atoms with Crippen LogP contribution in [-0.2, 0) is 4.79 Å². The van der Waals surface area contributed by atoms with Crippen molar-refractivity contribution in [3.63, 3.8) is 0 Å². The zero-order valence-electron chi connectivity index (χ0n) is 15.6. The number of carbonyl (C=O) groups excluding carboxylic acids is 1. The minimum absolute atomic E-state index is 0.0216. The second-order valence-electron chi connectivity index (χ2n) is 7.00. The van der Waals surface area contributed by atoms with Crippen molar-refractivity contribution in [3.8, 4) is 0 Å². The van der Waals surface area contributed by atoms with Crippen LogP contribution in [0.2, 0.25) is 5.02 Å². The first-order valence-electron chi connectivity index (χ1n) is 9.37. The molecule has 4 rings (SSSR count). The fourth-order valence-corrected chi connectivity index (χ4v) is 6.10. The van der Waals surface area contributed by atoms with Gasteiger partial charge in [0, 0.05) is 27.4 Å². The van der Waals surface area contributed by atoms with E-state index in [1.165, 1.54) is 24.6 Å². The van der Waals surface area contributed by atoms with E-state index in [-0.39, 0.29) is 5.91 Å². The number of hydrogen-bond donors (Lipinski definition) is 0. The summed E-state index contributed by atoms with van der Waals surface area (Å²) >= 11 is 15.0. The molecule has 0 bridgehead atoms. The Kier molecular flexibility index (Phi) is 6.21. The average Bonchev–Trinajstić information content (AvgIpc) is 2.70. The summed E-state index contributed by atoms with van der Waals surface area (Å²) in [5, 5.41) is 0.627. The molecular weight excluding hydrogens is 428 g/mol. The predicted molar refractivity (Wildman–Crippen MR) is 124 cm³/mol. The summed E-state index contributed by atoms with van der Waals surface area (Å²) in [6, 6.07) is 14.2. The van der Waals surface area contributed by atoms with Gasteiger partial charge < -0.3 is 4.90 Å². The summed E-state index contributed by atoms with van der Waals surface area (Å²) in [6.45, 7) is 3.20. The highest BCUT2D eigenvalue weighted by molar-refractivity contribution is 8.23. The Balaban J connectivity index is 1.55. The molecule has 2 heterocycles. The number of para-hydroxylation sites is 1. The van der Waals surface area contributed by atoms with Crippen LogP contribution in [-0.4, -0.2) is 33.5 Å². The highest BCUT2D eigenvalue weighted by Gasteiger charge is 2.29. The molecule has 2 aromatic rings. The van der Waals surface area contributed by atoms with Crippen LogP contribution < -0.4 is 4.90 Å². The van der Waals surface area contributed by atoms with Gasteiger partial charge in [0.25, 0.3) is 0 Å². The van der Waals surface area contributed by atoms with Gasteiger partial charge in [-0.3, -0.25) is 9.69 Å². The molecule has 0 saturated carbocycles. The molecule has 0 radical (unpaired) electrons. The quantitative estimate of drug-likeness (QED) is 0.497. The lowest BCUT2D eigenvalue weighted by Gasteiger charge is -2.35. The van der Waals surface area contributed by atoms with Crippen LogP contribution in [0.5, 0.6) is 0 Å². The summed E-state index contributed by atoms with van der Waals surface area (Å²) in [5.41, 5.74) is 1.75. The Hall–Kier alpha value is -1.21. The molecule has 7 heteroatoms. The van der Waals surface area contributed by atoms with Gasteiger partial charge in [-0.1, -0.05) is 59.5 Å². The number of likely N-dealkylation sites (tertiary alicyclic amines) is 1. The molecule has 0 aliphatic carbocycles. The predicted octanol–water partition coefficient (Wildman–Crippen LogP) is 6.36. The third-order valence-electron chi connectivity index (χ3n) is 5.09. The van der Waals surface area contributed by atoms with Gasteiger partial charge in [0.2, 0.25) is 5.91 Å². The fourth-order valence-electron chi connectivity index (χ4n) is 3.64. The summed E-state index contributed by atoms with van der Waals surface area (Å²) in [5.74, 6) is 0.334. The lowest BCUT2D eigenvalue weighted by atomic mass is 10.1. The highest BCUT2D eigenvalue weighted by Crippen LogP contribution is 2.48. The van der Waals surface area contributed by atoms with E-state index in [1.54, 1.807) is 16.7 Å². The van der Waals surface area contributed by atoms with Crippen molar-refractivity contribution in [1.29, 1.82) is 0 Å². The zero-order chi connectivity index (χ0) is 19.7. The lowest BCUT2D eigenvalue weighted by molar-refractivity contribution is -0.115. The smallest absolute Gasteiger partial charge is 0.242 e. The average molecular weight is 449 g/mol. The first-order chi connectivity index (χ1) is 13.5.